The summed E-state index contributed by atoms with van der Waals surface area (Å²) in [5, 5.41) is 8.38. The molecule has 0 unspecified atom stereocenters. The predicted molar refractivity (Wildman–Crippen MR) is 308 cm³/mol. The van der Waals surface area contributed by atoms with Crippen molar-refractivity contribution in [2.24, 2.45) is 5.73 Å². The van der Waals surface area contributed by atoms with Crippen molar-refractivity contribution in [1.29, 1.82) is 0 Å². The van der Waals surface area contributed by atoms with Crippen LogP contribution in [0.25, 0.3) is 0 Å². The molecule has 3 nitrogen and oxygen atoms in total. The molecule has 0 aliphatic rings. The zero-order valence-corrected chi connectivity index (χ0v) is 47.9. The van der Waals surface area contributed by atoms with Crippen molar-refractivity contribution in [3.8, 4) is 0 Å². The third kappa shape index (κ3) is 44.3. The Bertz CT molecular complexity index is 839. The first kappa shape index (κ1) is 66.9. The van der Waals surface area contributed by atoms with Gasteiger partial charge in [0.15, 0.2) is 0 Å². The molecule has 0 aromatic carbocycles. The second kappa shape index (κ2) is 55.2. The molecule has 0 rings (SSSR count). The molecule has 3 heteroatoms. The van der Waals surface area contributed by atoms with Crippen LogP contribution in [0, 0.1) is 0 Å². The number of hydrogen-bond acceptors (Lipinski definition) is 3. The average Bonchev–Trinajstić information content (AvgIpc) is 3.33. The fraction of sp³-hybridized carbons (Fsp3) is 1.00. The maximum Gasteiger partial charge on any atom is 0.0362 e. The number of hydrogen-bond donors (Lipinski definition) is 3. The summed E-state index contributed by atoms with van der Waals surface area (Å²) in [6, 6.07) is 0. The van der Waals surface area contributed by atoms with E-state index in [1.807, 2.05) is 0 Å². The molecule has 404 valence electrons. The molecule has 0 aliphatic heterocycles. The number of unbranched alkanes of at least 4 members (excludes halogenated alkanes) is 45. The minimum Gasteiger partial charge on any atom is -0.324 e. The lowest BCUT2D eigenvalue weighted by Crippen LogP contribution is -2.68. The summed E-state index contributed by atoms with van der Waals surface area (Å²) in [7, 11) is 0. The molecular formula is C64H133N3. The maximum absolute atomic E-state index is 8.21. The molecule has 4 N–H and O–H groups in total. The minimum atomic E-state index is -0.123. The van der Waals surface area contributed by atoms with Crippen molar-refractivity contribution in [1.82, 2.24) is 10.6 Å². The van der Waals surface area contributed by atoms with E-state index in [2.05, 4.69) is 45.3 Å². The maximum atomic E-state index is 8.21. The topological polar surface area (TPSA) is 50.1 Å². The summed E-state index contributed by atoms with van der Waals surface area (Å²) in [6.07, 6.45) is 75.5. The standard InChI is InChI=1S/C64H133N3/c1-6-11-16-21-26-31-36-41-46-51-56-63(65,57-52-47-42-37-32-27-22-17-12-7-2)64(58-53-48-43-38-33-28-23-18-13-8-3,59-54-49-44-39-34-29-24-19-14-9-4)67-62-61-66-60-55-50-45-40-35-30-25-20-15-10-5/h66-67H,6-62,65H2,1-5H3. The summed E-state index contributed by atoms with van der Waals surface area (Å²) >= 11 is 0. The first-order chi connectivity index (χ1) is 33.1. The Balaban J connectivity index is 5.94. The van der Waals surface area contributed by atoms with Crippen molar-refractivity contribution in [3.05, 3.63) is 0 Å². The Morgan fingerprint density at radius 2 is 0.433 bits per heavy atom. The van der Waals surface area contributed by atoms with E-state index in [-0.39, 0.29) is 11.1 Å². The first-order valence-electron chi connectivity index (χ1n) is 32.3. The summed E-state index contributed by atoms with van der Waals surface area (Å²) in [4.78, 5) is 0. The smallest absolute Gasteiger partial charge is 0.0362 e. The van der Waals surface area contributed by atoms with E-state index in [0.717, 1.165) is 13.1 Å². The van der Waals surface area contributed by atoms with Gasteiger partial charge in [-0.15, -0.1) is 0 Å². The Hall–Kier alpha value is -0.120. The Morgan fingerprint density at radius 3 is 0.687 bits per heavy atom. The molecule has 0 atom stereocenters. The number of nitrogens with one attached hydrogen (secondary N) is 2. The lowest BCUT2D eigenvalue weighted by molar-refractivity contribution is 0.108. The highest BCUT2D eigenvalue weighted by molar-refractivity contribution is 5.09. The molecule has 0 amide bonds. The van der Waals surface area contributed by atoms with E-state index < -0.39 is 0 Å². The Morgan fingerprint density at radius 1 is 0.224 bits per heavy atom. The Labute approximate surface area is 426 Å². The molecule has 0 aromatic rings. The third-order valence-corrected chi connectivity index (χ3v) is 16.3. The second-order valence-electron chi connectivity index (χ2n) is 22.8. The quantitative estimate of drug-likeness (QED) is 0.0533. The zero-order chi connectivity index (χ0) is 48.7. The zero-order valence-electron chi connectivity index (χ0n) is 47.9. The van der Waals surface area contributed by atoms with Gasteiger partial charge < -0.3 is 16.4 Å². The van der Waals surface area contributed by atoms with Crippen molar-refractivity contribution in [2.75, 3.05) is 19.6 Å². The SMILES string of the molecule is CCCCCCCCCCCCNCCNC(CCCCCCCCCCCC)(CCCCCCCCCCCC)C(N)(CCCCCCCCCCCC)CCCCCCCCCCCC. The monoisotopic (exact) mass is 944 g/mol. The van der Waals surface area contributed by atoms with Crippen LogP contribution in [0.1, 0.15) is 381 Å². The van der Waals surface area contributed by atoms with E-state index in [0.29, 0.717) is 0 Å². The average molecular weight is 945 g/mol. The van der Waals surface area contributed by atoms with Crippen LogP contribution in [-0.4, -0.2) is 30.7 Å². The van der Waals surface area contributed by atoms with Crippen molar-refractivity contribution in [3.63, 3.8) is 0 Å². The first-order valence-corrected chi connectivity index (χ1v) is 32.3. The van der Waals surface area contributed by atoms with Crippen LogP contribution in [0.4, 0.5) is 0 Å². The van der Waals surface area contributed by atoms with Crippen molar-refractivity contribution >= 4 is 0 Å². The molecule has 67 heavy (non-hydrogen) atoms. The molecule has 0 radical (unpaired) electrons. The van der Waals surface area contributed by atoms with Crippen LogP contribution in [-0.2, 0) is 0 Å². The summed E-state index contributed by atoms with van der Waals surface area (Å²) in [6.45, 7) is 15.0. The summed E-state index contributed by atoms with van der Waals surface area (Å²) in [5.41, 5.74) is 8.13. The number of rotatable bonds is 60. The van der Waals surface area contributed by atoms with Crippen LogP contribution in [0.2, 0.25) is 0 Å². The summed E-state index contributed by atoms with van der Waals surface area (Å²) < 4.78 is 0. The van der Waals surface area contributed by atoms with Gasteiger partial charge in [0.2, 0.25) is 0 Å². The van der Waals surface area contributed by atoms with E-state index in [9.17, 15) is 0 Å². The van der Waals surface area contributed by atoms with Gasteiger partial charge in [-0.1, -0.05) is 349 Å². The van der Waals surface area contributed by atoms with E-state index >= 15 is 0 Å². The highest BCUT2D eigenvalue weighted by atomic mass is 15.1. The van der Waals surface area contributed by atoms with Gasteiger partial charge in [-0.05, 0) is 38.6 Å². The highest BCUT2D eigenvalue weighted by Gasteiger charge is 2.46. The molecule has 0 saturated carbocycles. The molecule has 0 spiro atoms. The lowest BCUT2D eigenvalue weighted by atomic mass is 9.66. The van der Waals surface area contributed by atoms with Crippen molar-refractivity contribution in [2.45, 2.75) is 392 Å². The number of nitrogens with two attached hydrogens (primary N) is 1. The van der Waals surface area contributed by atoms with Crippen molar-refractivity contribution < 1.29 is 0 Å². The molecule has 0 aromatic heterocycles. The van der Waals surface area contributed by atoms with Gasteiger partial charge in [-0.3, -0.25) is 0 Å². The highest BCUT2D eigenvalue weighted by Crippen LogP contribution is 2.39. The molecule has 0 fully saturated rings. The van der Waals surface area contributed by atoms with Gasteiger partial charge in [0, 0.05) is 24.2 Å². The normalized spacial score (nSPS) is 12.3. The van der Waals surface area contributed by atoms with Crippen LogP contribution in [0.5, 0.6) is 0 Å². The fourth-order valence-corrected chi connectivity index (χ4v) is 11.5. The van der Waals surface area contributed by atoms with Gasteiger partial charge in [0.25, 0.3) is 0 Å². The molecule has 0 saturated heterocycles. The fourth-order valence-electron chi connectivity index (χ4n) is 11.5. The third-order valence-electron chi connectivity index (χ3n) is 16.3. The van der Waals surface area contributed by atoms with Gasteiger partial charge in [0.1, 0.15) is 0 Å². The second-order valence-corrected chi connectivity index (χ2v) is 22.8. The molecular weight excluding hydrogens is 811 g/mol. The van der Waals surface area contributed by atoms with Gasteiger partial charge >= 0.3 is 0 Å². The largest absolute Gasteiger partial charge is 0.324 e. The van der Waals surface area contributed by atoms with Gasteiger partial charge in [0.05, 0.1) is 0 Å². The van der Waals surface area contributed by atoms with Crippen LogP contribution < -0.4 is 16.4 Å². The Kier molecular flexibility index (Phi) is 55.1. The molecule has 0 aliphatic carbocycles. The predicted octanol–water partition coefficient (Wildman–Crippen LogP) is 21.8. The van der Waals surface area contributed by atoms with Crippen LogP contribution >= 0.6 is 0 Å². The van der Waals surface area contributed by atoms with E-state index in [1.165, 1.54) is 353 Å². The van der Waals surface area contributed by atoms with Crippen LogP contribution in [0.3, 0.4) is 0 Å². The van der Waals surface area contributed by atoms with Crippen LogP contribution in [0.15, 0.2) is 0 Å². The van der Waals surface area contributed by atoms with Gasteiger partial charge in [-0.25, -0.2) is 0 Å². The van der Waals surface area contributed by atoms with Gasteiger partial charge in [-0.2, -0.15) is 0 Å². The molecule has 0 heterocycles. The molecule has 0 bridgehead atoms. The minimum absolute atomic E-state index is 0.0463. The van der Waals surface area contributed by atoms with E-state index in [4.69, 9.17) is 5.73 Å². The summed E-state index contributed by atoms with van der Waals surface area (Å²) in [5.74, 6) is 0. The lowest BCUT2D eigenvalue weighted by Gasteiger charge is -2.51. The van der Waals surface area contributed by atoms with E-state index in [1.54, 1.807) is 0 Å².